The van der Waals surface area contributed by atoms with Gasteiger partial charge in [-0.05, 0) is 18.8 Å². The minimum absolute atomic E-state index is 0.0503. The topological polar surface area (TPSA) is 38.7 Å². The first kappa shape index (κ1) is 18.5. The van der Waals surface area contributed by atoms with Gasteiger partial charge < -0.3 is 14.6 Å². The van der Waals surface area contributed by atoms with Gasteiger partial charge in [0.05, 0.1) is 12.2 Å². The first-order valence-electron chi connectivity index (χ1n) is 7.96. The number of allylic oxidation sites excluding steroid dienone is 2. The lowest BCUT2D eigenvalue weighted by atomic mass is 9.88. The Balaban J connectivity index is 2.63. The third kappa shape index (κ3) is 5.97. The second kappa shape index (κ2) is 10.2. The van der Waals surface area contributed by atoms with Crippen molar-refractivity contribution in [2.75, 3.05) is 14.2 Å². The van der Waals surface area contributed by atoms with Gasteiger partial charge in [-0.3, -0.25) is 0 Å². The molecule has 0 aromatic carbocycles. The summed E-state index contributed by atoms with van der Waals surface area (Å²) in [7, 11) is 9.03. The van der Waals surface area contributed by atoms with Gasteiger partial charge in [-0.25, -0.2) is 0 Å². The number of methoxy groups -OCH3 is 2. The zero-order valence-electron chi connectivity index (χ0n) is 13.6. The third-order valence-electron chi connectivity index (χ3n) is 4.29. The van der Waals surface area contributed by atoms with Gasteiger partial charge in [0.15, 0.2) is 0 Å². The second-order valence-electron chi connectivity index (χ2n) is 5.75. The van der Waals surface area contributed by atoms with Gasteiger partial charge in [-0.15, -0.1) is 0 Å². The summed E-state index contributed by atoms with van der Waals surface area (Å²) in [5.41, 5.74) is 0. The average molecular weight is 292 g/mol. The number of ether oxygens (including phenoxy) is 2. The van der Waals surface area contributed by atoms with Crippen LogP contribution in [-0.4, -0.2) is 45.4 Å². The van der Waals surface area contributed by atoms with E-state index in [9.17, 15) is 5.11 Å². The molecule has 2 unspecified atom stereocenters. The van der Waals surface area contributed by atoms with Gasteiger partial charge in [0.25, 0.3) is 0 Å². The van der Waals surface area contributed by atoms with Crippen LogP contribution in [0, 0.1) is 11.8 Å². The first-order chi connectivity index (χ1) is 10.1. The summed E-state index contributed by atoms with van der Waals surface area (Å²) in [4.78, 5) is 0. The van der Waals surface area contributed by atoms with E-state index in [1.54, 1.807) is 14.2 Å². The van der Waals surface area contributed by atoms with E-state index in [0.717, 1.165) is 12.8 Å². The van der Waals surface area contributed by atoms with Crippen LogP contribution in [0.25, 0.3) is 0 Å². The van der Waals surface area contributed by atoms with Crippen molar-refractivity contribution in [3.63, 3.8) is 0 Å². The molecule has 1 rings (SSSR count). The van der Waals surface area contributed by atoms with E-state index >= 15 is 0 Å². The molecule has 2 radical (unpaired) electrons. The minimum atomic E-state index is -0.402. The van der Waals surface area contributed by atoms with Crippen LogP contribution in [0.1, 0.15) is 39.0 Å². The quantitative estimate of drug-likeness (QED) is 0.403. The number of aliphatic hydroxyl groups excluding tert-OH is 1. The average Bonchev–Trinajstić information content (AvgIpc) is 2.80. The number of hydrogen-bond acceptors (Lipinski definition) is 3. The van der Waals surface area contributed by atoms with Crippen LogP contribution in [0.5, 0.6) is 0 Å². The molecule has 1 N–H and O–H groups in total. The molecule has 0 aromatic rings. The van der Waals surface area contributed by atoms with Crippen molar-refractivity contribution in [1.82, 2.24) is 0 Å². The van der Waals surface area contributed by atoms with Crippen molar-refractivity contribution in [2.45, 2.75) is 57.2 Å². The molecule has 1 saturated carbocycles. The van der Waals surface area contributed by atoms with Gasteiger partial charge in [0.1, 0.15) is 7.85 Å². The standard InChI is InChI=1S/C17H29BO3/c1-4-5-6-7-8-9-13-14(10-11-17(18)21-3)16(20-2)12-15(13)19/h7-8,10-11,13-17,19H,4-6,9,12H2,1-3H3/b8-7-,11-10?/t13-,14-,15?,16-,17?/m1/s1. The third-order valence-corrected chi connectivity index (χ3v) is 4.29. The highest BCUT2D eigenvalue weighted by molar-refractivity contribution is 6.12. The Hall–Kier alpha value is -0.575. The van der Waals surface area contributed by atoms with Crippen LogP contribution in [0.3, 0.4) is 0 Å². The van der Waals surface area contributed by atoms with Crippen LogP contribution in [0.15, 0.2) is 24.3 Å². The Morgan fingerprint density at radius 2 is 2.10 bits per heavy atom. The molecule has 3 nitrogen and oxygen atoms in total. The highest BCUT2D eigenvalue weighted by Gasteiger charge is 2.40. The molecule has 4 heteroatoms. The highest BCUT2D eigenvalue weighted by atomic mass is 16.5. The molecule has 1 aliphatic carbocycles. The fourth-order valence-electron chi connectivity index (χ4n) is 2.95. The van der Waals surface area contributed by atoms with E-state index in [4.69, 9.17) is 17.3 Å². The first-order valence-corrected chi connectivity index (χ1v) is 7.96. The zero-order valence-corrected chi connectivity index (χ0v) is 13.6. The lowest BCUT2D eigenvalue weighted by Crippen LogP contribution is -2.21. The van der Waals surface area contributed by atoms with E-state index in [0.29, 0.717) is 6.42 Å². The molecular weight excluding hydrogens is 263 g/mol. The van der Waals surface area contributed by atoms with E-state index < -0.39 is 6.00 Å². The van der Waals surface area contributed by atoms with E-state index in [1.807, 2.05) is 12.2 Å². The second-order valence-corrected chi connectivity index (χ2v) is 5.75. The number of hydrogen-bond donors (Lipinski definition) is 1. The SMILES string of the molecule is [B]C(C=C[C@H]1[C@H](OC)CC(O)[C@@H]1C/C=C\CCCC)OC. The summed E-state index contributed by atoms with van der Waals surface area (Å²) >= 11 is 0. The molecular formula is C17H29BO3. The van der Waals surface area contributed by atoms with Crippen LogP contribution in [0.2, 0.25) is 0 Å². The fraction of sp³-hybridized carbons (Fsp3) is 0.765. The van der Waals surface area contributed by atoms with E-state index in [-0.39, 0.29) is 24.0 Å². The molecule has 0 aromatic heterocycles. The summed E-state index contributed by atoms with van der Waals surface area (Å²) in [6, 6.07) is -0.402. The Kier molecular flexibility index (Phi) is 8.97. The van der Waals surface area contributed by atoms with Gasteiger partial charge in [0, 0.05) is 32.6 Å². The molecule has 1 aliphatic rings. The predicted molar refractivity (Wildman–Crippen MR) is 87.4 cm³/mol. The number of rotatable bonds is 9. The fourth-order valence-corrected chi connectivity index (χ4v) is 2.95. The molecule has 0 aliphatic heterocycles. The summed E-state index contributed by atoms with van der Waals surface area (Å²) in [5, 5.41) is 10.3. The molecule has 0 bridgehead atoms. The number of aliphatic hydroxyl groups is 1. The highest BCUT2D eigenvalue weighted by Crippen LogP contribution is 2.37. The monoisotopic (exact) mass is 292 g/mol. The van der Waals surface area contributed by atoms with Crippen molar-refractivity contribution in [3.8, 4) is 0 Å². The lowest BCUT2D eigenvalue weighted by molar-refractivity contribution is 0.0747. The largest absolute Gasteiger partial charge is 0.393 e. The van der Waals surface area contributed by atoms with Gasteiger partial charge in [-0.1, -0.05) is 44.1 Å². The molecule has 0 saturated heterocycles. The van der Waals surface area contributed by atoms with Gasteiger partial charge >= 0.3 is 0 Å². The van der Waals surface area contributed by atoms with Crippen LogP contribution in [0.4, 0.5) is 0 Å². The molecule has 1 fully saturated rings. The predicted octanol–water partition coefficient (Wildman–Crippen LogP) is 2.83. The van der Waals surface area contributed by atoms with Gasteiger partial charge in [0.2, 0.25) is 0 Å². The molecule has 5 atom stereocenters. The normalized spacial score (nSPS) is 31.4. The summed E-state index contributed by atoms with van der Waals surface area (Å²) < 4.78 is 10.6. The molecule has 0 amide bonds. The maximum absolute atomic E-state index is 10.3. The smallest absolute Gasteiger partial charge is 0.114 e. The minimum Gasteiger partial charge on any atom is -0.393 e. The maximum atomic E-state index is 10.3. The van der Waals surface area contributed by atoms with Crippen LogP contribution >= 0.6 is 0 Å². The Morgan fingerprint density at radius 1 is 1.33 bits per heavy atom. The van der Waals surface area contributed by atoms with Crippen molar-refractivity contribution in [3.05, 3.63) is 24.3 Å². The van der Waals surface area contributed by atoms with Crippen LogP contribution < -0.4 is 0 Å². The Bertz CT molecular complexity index is 330. The van der Waals surface area contributed by atoms with Crippen molar-refractivity contribution < 1.29 is 14.6 Å². The number of unbranched alkanes of at least 4 members (excludes halogenated alkanes) is 2. The Labute approximate surface area is 130 Å². The van der Waals surface area contributed by atoms with Crippen molar-refractivity contribution >= 4 is 7.85 Å². The Morgan fingerprint density at radius 3 is 2.71 bits per heavy atom. The molecule has 118 valence electrons. The summed E-state index contributed by atoms with van der Waals surface area (Å²) in [5.74, 6) is 0.371. The molecule has 0 heterocycles. The lowest BCUT2D eigenvalue weighted by Gasteiger charge is -2.21. The van der Waals surface area contributed by atoms with Crippen molar-refractivity contribution in [1.29, 1.82) is 0 Å². The summed E-state index contributed by atoms with van der Waals surface area (Å²) in [6.45, 7) is 2.19. The van der Waals surface area contributed by atoms with E-state index in [1.165, 1.54) is 12.8 Å². The zero-order chi connectivity index (χ0) is 15.7. The molecule has 0 spiro atoms. The maximum Gasteiger partial charge on any atom is 0.114 e. The molecule has 21 heavy (non-hydrogen) atoms. The van der Waals surface area contributed by atoms with Crippen LogP contribution in [-0.2, 0) is 9.47 Å². The van der Waals surface area contributed by atoms with Crippen molar-refractivity contribution in [2.24, 2.45) is 11.8 Å². The van der Waals surface area contributed by atoms with E-state index in [2.05, 4.69) is 19.1 Å². The summed E-state index contributed by atoms with van der Waals surface area (Å²) in [6.07, 6.45) is 13.1. The van der Waals surface area contributed by atoms with Gasteiger partial charge in [-0.2, -0.15) is 0 Å².